The molecule has 0 aromatic carbocycles. The number of hydrogen-bond donors (Lipinski definition) is 1. The fraction of sp³-hybridized carbons (Fsp3) is 0.909. The first kappa shape index (κ1) is 12.3. The summed E-state index contributed by atoms with van der Waals surface area (Å²) in [5, 5.41) is 0. The van der Waals surface area contributed by atoms with E-state index < -0.39 is 0 Å². The van der Waals surface area contributed by atoms with Gasteiger partial charge < -0.3 is 15.4 Å². The summed E-state index contributed by atoms with van der Waals surface area (Å²) >= 11 is 0. The molecule has 1 aliphatic rings. The molecule has 1 heterocycles. The molecular weight excluding hydrogens is 190 g/mol. The number of hydrogen-bond acceptors (Lipinski definition) is 2. The number of aliphatic imine (C=N–C) groups is 1. The molecule has 4 nitrogen and oxygen atoms in total. The van der Waals surface area contributed by atoms with Gasteiger partial charge in [0.05, 0.1) is 17.7 Å². The zero-order valence-corrected chi connectivity index (χ0v) is 10.4. The van der Waals surface area contributed by atoms with Gasteiger partial charge in [-0.2, -0.15) is 0 Å². The van der Waals surface area contributed by atoms with Gasteiger partial charge in [0.25, 0.3) is 0 Å². The van der Waals surface area contributed by atoms with Gasteiger partial charge in [0.2, 0.25) is 0 Å². The summed E-state index contributed by atoms with van der Waals surface area (Å²) in [5.41, 5.74) is 5.84. The lowest BCUT2D eigenvalue weighted by molar-refractivity contribution is 0.0994. The maximum Gasteiger partial charge on any atom is 0.191 e. The molecule has 88 valence electrons. The molecule has 2 N–H and O–H groups in total. The molecule has 0 saturated carbocycles. The van der Waals surface area contributed by atoms with E-state index in [1.807, 2.05) is 32.7 Å². The van der Waals surface area contributed by atoms with Crippen LogP contribution in [-0.4, -0.2) is 42.2 Å². The Labute approximate surface area is 92.5 Å². The highest BCUT2D eigenvalue weighted by molar-refractivity contribution is 5.78. The number of likely N-dealkylation sites (N-methyl/N-ethyl adjacent to an activating group) is 1. The molecule has 1 saturated heterocycles. The molecule has 2 unspecified atom stereocenters. The standard InChI is InChI=1S/C11H23N3O/c1-8-9(6-7-15-8)14(5)10(12)13-11(2,3)4/h8-9H,6-7H2,1-5H3,(H2,12,13). The molecule has 0 aliphatic carbocycles. The summed E-state index contributed by atoms with van der Waals surface area (Å²) in [4.78, 5) is 6.48. The minimum atomic E-state index is -0.124. The Morgan fingerprint density at radius 1 is 1.47 bits per heavy atom. The summed E-state index contributed by atoms with van der Waals surface area (Å²) in [6.45, 7) is 9.03. The molecule has 0 aromatic heterocycles. The average Bonchev–Trinajstić information content (AvgIpc) is 2.47. The normalized spacial score (nSPS) is 28.2. The van der Waals surface area contributed by atoms with Gasteiger partial charge in [0.1, 0.15) is 0 Å². The molecule has 4 heteroatoms. The van der Waals surface area contributed by atoms with Gasteiger partial charge in [-0.05, 0) is 34.1 Å². The van der Waals surface area contributed by atoms with Gasteiger partial charge in [-0.15, -0.1) is 0 Å². The third-order valence-corrected chi connectivity index (χ3v) is 2.65. The molecule has 1 fully saturated rings. The lowest BCUT2D eigenvalue weighted by atomic mass is 10.1. The number of ether oxygens (including phenoxy) is 1. The lowest BCUT2D eigenvalue weighted by Gasteiger charge is -2.29. The quantitative estimate of drug-likeness (QED) is 0.526. The number of guanidine groups is 1. The molecule has 2 atom stereocenters. The Morgan fingerprint density at radius 3 is 2.47 bits per heavy atom. The van der Waals surface area contributed by atoms with E-state index in [1.54, 1.807) is 0 Å². The van der Waals surface area contributed by atoms with Crippen molar-refractivity contribution in [1.82, 2.24) is 4.90 Å². The van der Waals surface area contributed by atoms with Gasteiger partial charge in [-0.25, -0.2) is 4.99 Å². The Morgan fingerprint density at radius 2 is 2.07 bits per heavy atom. The molecule has 0 aromatic rings. The van der Waals surface area contributed by atoms with E-state index in [4.69, 9.17) is 10.5 Å². The van der Waals surface area contributed by atoms with Gasteiger partial charge in [0, 0.05) is 13.7 Å². The van der Waals surface area contributed by atoms with Crippen molar-refractivity contribution < 1.29 is 4.74 Å². The van der Waals surface area contributed by atoms with Crippen LogP contribution in [0.15, 0.2) is 4.99 Å². The topological polar surface area (TPSA) is 50.9 Å². The van der Waals surface area contributed by atoms with Crippen molar-refractivity contribution in [2.75, 3.05) is 13.7 Å². The van der Waals surface area contributed by atoms with Crippen molar-refractivity contribution in [2.45, 2.75) is 51.8 Å². The van der Waals surface area contributed by atoms with Crippen LogP contribution in [-0.2, 0) is 4.74 Å². The van der Waals surface area contributed by atoms with E-state index in [-0.39, 0.29) is 11.6 Å². The van der Waals surface area contributed by atoms with E-state index in [2.05, 4.69) is 11.9 Å². The fourth-order valence-electron chi connectivity index (χ4n) is 1.82. The predicted octanol–water partition coefficient (Wildman–Crippen LogP) is 1.21. The van der Waals surface area contributed by atoms with Gasteiger partial charge in [0.15, 0.2) is 5.96 Å². The van der Waals surface area contributed by atoms with E-state index in [9.17, 15) is 0 Å². The molecule has 15 heavy (non-hydrogen) atoms. The van der Waals surface area contributed by atoms with Gasteiger partial charge >= 0.3 is 0 Å². The maximum atomic E-state index is 5.97. The van der Waals surface area contributed by atoms with Crippen LogP contribution < -0.4 is 5.73 Å². The summed E-state index contributed by atoms with van der Waals surface area (Å²) in [7, 11) is 1.99. The van der Waals surface area contributed by atoms with Crippen LogP contribution in [0.4, 0.5) is 0 Å². The summed E-state index contributed by atoms with van der Waals surface area (Å²) in [6, 6.07) is 0.357. The monoisotopic (exact) mass is 213 g/mol. The zero-order chi connectivity index (χ0) is 11.6. The first-order valence-electron chi connectivity index (χ1n) is 5.51. The van der Waals surface area contributed by atoms with Crippen LogP contribution in [0.5, 0.6) is 0 Å². The molecular formula is C11H23N3O. The van der Waals surface area contributed by atoms with Crippen molar-refractivity contribution in [1.29, 1.82) is 0 Å². The Balaban J connectivity index is 2.67. The molecule has 1 rings (SSSR count). The smallest absolute Gasteiger partial charge is 0.191 e. The van der Waals surface area contributed by atoms with E-state index in [0.29, 0.717) is 12.0 Å². The summed E-state index contributed by atoms with van der Waals surface area (Å²) < 4.78 is 5.51. The molecule has 0 amide bonds. The minimum absolute atomic E-state index is 0.124. The first-order valence-corrected chi connectivity index (χ1v) is 5.51. The van der Waals surface area contributed by atoms with Crippen LogP contribution in [0.2, 0.25) is 0 Å². The number of rotatable bonds is 1. The maximum absolute atomic E-state index is 5.97. The molecule has 0 radical (unpaired) electrons. The van der Waals surface area contributed by atoms with Crippen LogP contribution in [0, 0.1) is 0 Å². The van der Waals surface area contributed by atoms with Crippen molar-refractivity contribution in [3.63, 3.8) is 0 Å². The van der Waals surface area contributed by atoms with Gasteiger partial charge in [-0.1, -0.05) is 0 Å². The highest BCUT2D eigenvalue weighted by Gasteiger charge is 2.29. The van der Waals surface area contributed by atoms with E-state index in [1.165, 1.54) is 0 Å². The average molecular weight is 213 g/mol. The molecule has 0 spiro atoms. The third kappa shape index (κ3) is 3.38. The summed E-state index contributed by atoms with van der Waals surface area (Å²) in [6.07, 6.45) is 1.27. The fourth-order valence-corrected chi connectivity index (χ4v) is 1.82. The van der Waals surface area contributed by atoms with Crippen molar-refractivity contribution in [2.24, 2.45) is 10.7 Å². The second-order valence-corrected chi connectivity index (χ2v) is 5.18. The van der Waals surface area contributed by atoms with Crippen molar-refractivity contribution in [3.8, 4) is 0 Å². The second kappa shape index (κ2) is 4.39. The van der Waals surface area contributed by atoms with Crippen molar-refractivity contribution >= 4 is 5.96 Å². The SMILES string of the molecule is CC1OCCC1N(C)C(N)=NC(C)(C)C. The van der Waals surface area contributed by atoms with Crippen LogP contribution in [0.1, 0.15) is 34.1 Å². The first-order chi connectivity index (χ1) is 6.81. The van der Waals surface area contributed by atoms with Crippen LogP contribution in [0.25, 0.3) is 0 Å². The van der Waals surface area contributed by atoms with Crippen molar-refractivity contribution in [3.05, 3.63) is 0 Å². The Bertz CT molecular complexity index is 245. The van der Waals surface area contributed by atoms with Crippen LogP contribution in [0.3, 0.4) is 0 Å². The van der Waals surface area contributed by atoms with E-state index >= 15 is 0 Å². The van der Waals surface area contributed by atoms with Crippen LogP contribution >= 0.6 is 0 Å². The minimum Gasteiger partial charge on any atom is -0.376 e. The summed E-state index contributed by atoms with van der Waals surface area (Å²) in [5.74, 6) is 0.602. The third-order valence-electron chi connectivity index (χ3n) is 2.65. The van der Waals surface area contributed by atoms with E-state index in [0.717, 1.165) is 13.0 Å². The Hall–Kier alpha value is -0.770. The lowest BCUT2D eigenvalue weighted by Crippen LogP contribution is -2.46. The Kier molecular flexibility index (Phi) is 3.60. The number of nitrogens with zero attached hydrogens (tertiary/aromatic N) is 2. The highest BCUT2D eigenvalue weighted by Crippen LogP contribution is 2.18. The number of nitrogens with two attached hydrogens (primary N) is 1. The predicted molar refractivity (Wildman–Crippen MR) is 63.0 cm³/mol. The van der Waals surface area contributed by atoms with Gasteiger partial charge in [-0.3, -0.25) is 0 Å². The largest absolute Gasteiger partial charge is 0.376 e. The second-order valence-electron chi connectivity index (χ2n) is 5.18. The molecule has 0 bridgehead atoms. The molecule has 1 aliphatic heterocycles. The highest BCUT2D eigenvalue weighted by atomic mass is 16.5. The zero-order valence-electron chi connectivity index (χ0n) is 10.4.